The molecule has 35 heavy (non-hydrogen) atoms. The second-order valence-electron chi connectivity index (χ2n) is 8.02. The van der Waals surface area contributed by atoms with E-state index in [9.17, 15) is 23.1 Å². The maximum absolute atomic E-state index is 13.0. The summed E-state index contributed by atoms with van der Waals surface area (Å²) in [5.74, 6) is 4.99. The van der Waals surface area contributed by atoms with Crippen molar-refractivity contribution in [2.45, 2.75) is 18.7 Å². The SMILES string of the molecule is O=C(C#Cc1ccccc1)Nc1cc(-c2ncc(C(F)(F)F)[nH]2)ccc1OCCN1CCC(O)C1. The number of aliphatic hydroxyl groups is 1. The highest BCUT2D eigenvalue weighted by Crippen LogP contribution is 2.33. The first-order valence-electron chi connectivity index (χ1n) is 11.0. The molecule has 2 heterocycles. The van der Waals surface area contributed by atoms with Gasteiger partial charge in [-0.15, -0.1) is 0 Å². The number of aliphatic hydroxyl groups excluding tert-OH is 1. The monoisotopic (exact) mass is 484 g/mol. The molecule has 3 N–H and O–H groups in total. The number of amides is 1. The fourth-order valence-corrected chi connectivity index (χ4v) is 3.62. The molecule has 1 unspecified atom stereocenters. The summed E-state index contributed by atoms with van der Waals surface area (Å²) in [5, 5.41) is 12.3. The molecule has 0 spiro atoms. The molecule has 0 saturated carbocycles. The summed E-state index contributed by atoms with van der Waals surface area (Å²) >= 11 is 0. The molecule has 1 fully saturated rings. The topological polar surface area (TPSA) is 90.5 Å². The molecule has 1 atom stereocenters. The zero-order chi connectivity index (χ0) is 24.8. The van der Waals surface area contributed by atoms with Crippen molar-refractivity contribution in [3.8, 4) is 29.0 Å². The van der Waals surface area contributed by atoms with E-state index in [2.05, 4.69) is 32.0 Å². The average Bonchev–Trinajstić information content (AvgIpc) is 3.49. The van der Waals surface area contributed by atoms with Crippen molar-refractivity contribution in [3.05, 3.63) is 66.0 Å². The number of hydrogen-bond acceptors (Lipinski definition) is 5. The van der Waals surface area contributed by atoms with E-state index in [0.717, 1.165) is 6.54 Å². The first-order valence-corrected chi connectivity index (χ1v) is 11.0. The molecule has 2 aromatic carbocycles. The summed E-state index contributed by atoms with van der Waals surface area (Å²) in [7, 11) is 0. The van der Waals surface area contributed by atoms with Crippen LogP contribution in [0.1, 0.15) is 17.7 Å². The van der Waals surface area contributed by atoms with Gasteiger partial charge in [-0.3, -0.25) is 9.69 Å². The van der Waals surface area contributed by atoms with Gasteiger partial charge in [-0.2, -0.15) is 13.2 Å². The van der Waals surface area contributed by atoms with Crippen molar-refractivity contribution in [1.29, 1.82) is 0 Å². The minimum absolute atomic E-state index is 0.000739. The molecule has 182 valence electrons. The van der Waals surface area contributed by atoms with Crippen LogP contribution in [0.5, 0.6) is 5.75 Å². The highest BCUT2D eigenvalue weighted by Gasteiger charge is 2.33. The number of β-amino-alcohol motifs (C(OH)–C–C–N with tert-alkyl or cyclic N) is 1. The van der Waals surface area contributed by atoms with Gasteiger partial charge in [-0.05, 0) is 36.8 Å². The molecule has 10 heteroatoms. The Balaban J connectivity index is 1.53. The predicted molar refractivity (Wildman–Crippen MR) is 124 cm³/mol. The molecular weight excluding hydrogens is 461 g/mol. The number of carbonyl (C=O) groups excluding carboxylic acids is 1. The third-order valence-electron chi connectivity index (χ3n) is 5.39. The second kappa shape index (κ2) is 10.6. The summed E-state index contributed by atoms with van der Waals surface area (Å²) < 4.78 is 44.7. The van der Waals surface area contributed by atoms with Crippen molar-refractivity contribution >= 4 is 11.6 Å². The lowest BCUT2D eigenvalue weighted by atomic mass is 10.1. The Hall–Kier alpha value is -3.81. The van der Waals surface area contributed by atoms with Crippen molar-refractivity contribution in [1.82, 2.24) is 14.9 Å². The van der Waals surface area contributed by atoms with Crippen LogP contribution in [0.25, 0.3) is 11.4 Å². The summed E-state index contributed by atoms with van der Waals surface area (Å²) in [6, 6.07) is 13.6. The van der Waals surface area contributed by atoms with Crippen LogP contribution in [0.3, 0.4) is 0 Å². The summed E-state index contributed by atoms with van der Waals surface area (Å²) in [6.45, 7) is 2.21. The minimum Gasteiger partial charge on any atom is -0.490 e. The molecule has 1 amide bonds. The molecule has 4 rings (SSSR count). The molecular formula is C25H23F3N4O3. The number of aromatic nitrogens is 2. The molecule has 7 nitrogen and oxygen atoms in total. The molecule has 0 radical (unpaired) electrons. The average molecular weight is 484 g/mol. The van der Waals surface area contributed by atoms with Gasteiger partial charge in [0.25, 0.3) is 0 Å². The van der Waals surface area contributed by atoms with E-state index >= 15 is 0 Å². The number of halogens is 3. The number of anilines is 1. The smallest absolute Gasteiger partial charge is 0.432 e. The second-order valence-corrected chi connectivity index (χ2v) is 8.02. The van der Waals surface area contributed by atoms with E-state index in [0.29, 0.717) is 49.2 Å². The van der Waals surface area contributed by atoms with Gasteiger partial charge in [0.2, 0.25) is 0 Å². The zero-order valence-corrected chi connectivity index (χ0v) is 18.6. The highest BCUT2D eigenvalue weighted by molar-refractivity contribution is 6.05. The van der Waals surface area contributed by atoms with E-state index < -0.39 is 17.8 Å². The van der Waals surface area contributed by atoms with Crippen molar-refractivity contribution < 1.29 is 27.8 Å². The van der Waals surface area contributed by atoms with Crippen molar-refractivity contribution in [2.24, 2.45) is 0 Å². The largest absolute Gasteiger partial charge is 0.490 e. The lowest BCUT2D eigenvalue weighted by Crippen LogP contribution is -2.27. The number of hydrogen-bond donors (Lipinski definition) is 3. The zero-order valence-electron chi connectivity index (χ0n) is 18.6. The van der Waals surface area contributed by atoms with Crippen molar-refractivity contribution in [2.75, 3.05) is 31.6 Å². The number of likely N-dealkylation sites (tertiary alicyclic amines) is 1. The van der Waals surface area contributed by atoms with E-state index in [1.807, 2.05) is 6.07 Å². The Morgan fingerprint density at radius 1 is 1.26 bits per heavy atom. The Morgan fingerprint density at radius 3 is 2.74 bits per heavy atom. The normalized spacial score (nSPS) is 15.9. The van der Waals surface area contributed by atoms with Crippen LogP contribution in [0.2, 0.25) is 0 Å². The standard InChI is InChI=1S/C25H23F3N4O3/c26-25(27,28)22-15-29-24(31-22)18-7-8-21(35-13-12-32-11-10-19(33)16-32)20(14-18)30-23(34)9-6-17-4-2-1-3-5-17/h1-5,7-8,14-15,19,33H,10-13,16H2,(H,29,31)(H,30,34). The minimum atomic E-state index is -4.55. The van der Waals surface area contributed by atoms with Gasteiger partial charge in [0.15, 0.2) is 0 Å². The van der Waals surface area contributed by atoms with Crippen LogP contribution >= 0.6 is 0 Å². The summed E-state index contributed by atoms with van der Waals surface area (Å²) in [4.78, 5) is 20.6. The third kappa shape index (κ3) is 6.62. The molecule has 1 saturated heterocycles. The van der Waals surface area contributed by atoms with E-state index in [1.165, 1.54) is 6.07 Å². The third-order valence-corrected chi connectivity index (χ3v) is 5.39. The van der Waals surface area contributed by atoms with Gasteiger partial charge in [0.05, 0.1) is 18.0 Å². The number of carbonyl (C=O) groups is 1. The Bertz CT molecular complexity index is 1230. The van der Waals surface area contributed by atoms with Crippen LogP contribution in [-0.2, 0) is 11.0 Å². The number of imidazole rings is 1. The van der Waals surface area contributed by atoms with Gasteiger partial charge in [0.1, 0.15) is 23.9 Å². The summed E-state index contributed by atoms with van der Waals surface area (Å²) in [5.41, 5.74) is 0.277. The van der Waals surface area contributed by atoms with Crippen LogP contribution in [0.15, 0.2) is 54.7 Å². The fourth-order valence-electron chi connectivity index (χ4n) is 3.62. The number of H-pyrrole nitrogens is 1. The Labute approximate surface area is 199 Å². The number of aromatic amines is 1. The molecule has 3 aromatic rings. The molecule has 1 aromatic heterocycles. The van der Waals surface area contributed by atoms with Crippen LogP contribution in [0, 0.1) is 11.8 Å². The lowest BCUT2D eigenvalue weighted by Gasteiger charge is -2.17. The highest BCUT2D eigenvalue weighted by atomic mass is 19.4. The van der Waals surface area contributed by atoms with E-state index in [-0.39, 0.29) is 17.6 Å². The predicted octanol–water partition coefficient (Wildman–Crippen LogP) is 3.53. The number of nitrogens with one attached hydrogen (secondary N) is 2. The van der Waals surface area contributed by atoms with Gasteiger partial charge >= 0.3 is 12.1 Å². The quantitative estimate of drug-likeness (QED) is 0.466. The van der Waals surface area contributed by atoms with Gasteiger partial charge in [-0.25, -0.2) is 4.98 Å². The van der Waals surface area contributed by atoms with Crippen LogP contribution < -0.4 is 10.1 Å². The van der Waals surface area contributed by atoms with Gasteiger partial charge < -0.3 is 20.1 Å². The van der Waals surface area contributed by atoms with Crippen molar-refractivity contribution in [3.63, 3.8) is 0 Å². The first kappa shape index (κ1) is 24.3. The number of rotatable bonds is 6. The molecule has 0 aliphatic carbocycles. The maximum atomic E-state index is 13.0. The molecule has 1 aliphatic rings. The maximum Gasteiger partial charge on any atom is 0.432 e. The lowest BCUT2D eigenvalue weighted by molar-refractivity contribution is -0.140. The number of ether oxygens (including phenoxy) is 1. The van der Waals surface area contributed by atoms with Crippen LogP contribution in [-0.4, -0.2) is 58.2 Å². The summed E-state index contributed by atoms with van der Waals surface area (Å²) in [6.07, 6.45) is -3.48. The van der Waals surface area contributed by atoms with Gasteiger partial charge in [-0.1, -0.05) is 24.1 Å². The molecule has 0 bridgehead atoms. The Morgan fingerprint density at radius 2 is 2.06 bits per heavy atom. The number of benzene rings is 2. The van der Waals surface area contributed by atoms with Crippen LogP contribution in [0.4, 0.5) is 18.9 Å². The van der Waals surface area contributed by atoms with E-state index in [4.69, 9.17) is 4.74 Å². The number of nitrogens with zero attached hydrogens (tertiary/aromatic N) is 2. The van der Waals surface area contributed by atoms with E-state index in [1.54, 1.807) is 36.4 Å². The fraction of sp³-hybridized carbons (Fsp3) is 0.280. The Kier molecular flexibility index (Phi) is 7.39. The number of alkyl halides is 3. The first-order chi connectivity index (χ1) is 16.8. The van der Waals surface area contributed by atoms with Gasteiger partial charge in [0, 0.05) is 36.7 Å². The molecule has 1 aliphatic heterocycles.